The summed E-state index contributed by atoms with van der Waals surface area (Å²) in [5.41, 5.74) is 1.43. The van der Waals surface area contributed by atoms with Crippen LogP contribution in [0.15, 0.2) is 67.0 Å². The number of ether oxygens (including phenoxy) is 2. The fourth-order valence-electron chi connectivity index (χ4n) is 3.81. The molecule has 0 N–H and O–H groups in total. The molecule has 8 nitrogen and oxygen atoms in total. The molecule has 0 radical (unpaired) electrons. The van der Waals surface area contributed by atoms with Gasteiger partial charge in [-0.1, -0.05) is 30.3 Å². The molecule has 0 spiro atoms. The van der Waals surface area contributed by atoms with E-state index in [0.29, 0.717) is 43.2 Å². The summed E-state index contributed by atoms with van der Waals surface area (Å²) in [6.07, 6.45) is 2.65. The summed E-state index contributed by atoms with van der Waals surface area (Å²) < 4.78 is 13.2. The highest BCUT2D eigenvalue weighted by Gasteiger charge is 2.33. The van der Waals surface area contributed by atoms with Crippen LogP contribution in [0.25, 0.3) is 5.69 Å². The molecular weight excluding hydrogens is 396 g/mol. The van der Waals surface area contributed by atoms with Crippen molar-refractivity contribution in [3.63, 3.8) is 0 Å². The Labute approximate surface area is 179 Å². The van der Waals surface area contributed by atoms with Gasteiger partial charge < -0.3 is 19.3 Å². The minimum Gasteiger partial charge on any atom is -0.485 e. The summed E-state index contributed by atoms with van der Waals surface area (Å²) in [6.45, 7) is 2.03. The van der Waals surface area contributed by atoms with Gasteiger partial charge in [-0.2, -0.15) is 5.10 Å². The number of fused-ring (bicyclic) bond motifs is 1. The van der Waals surface area contributed by atoms with E-state index in [2.05, 4.69) is 5.10 Å². The molecule has 3 heterocycles. The Morgan fingerprint density at radius 3 is 2.32 bits per heavy atom. The van der Waals surface area contributed by atoms with Crippen LogP contribution in [0.3, 0.4) is 0 Å². The van der Waals surface area contributed by atoms with Crippen LogP contribution in [0.5, 0.6) is 11.5 Å². The van der Waals surface area contributed by atoms with Gasteiger partial charge in [0.05, 0.1) is 17.4 Å². The Morgan fingerprint density at radius 2 is 1.55 bits per heavy atom. The van der Waals surface area contributed by atoms with Crippen LogP contribution in [0.4, 0.5) is 0 Å². The number of nitrogens with zero attached hydrogens (tertiary/aromatic N) is 4. The molecule has 5 rings (SSSR count). The summed E-state index contributed by atoms with van der Waals surface area (Å²) in [4.78, 5) is 29.2. The zero-order valence-electron chi connectivity index (χ0n) is 16.9. The molecule has 8 heteroatoms. The molecule has 2 aromatic carbocycles. The molecule has 0 bridgehead atoms. The first-order valence-corrected chi connectivity index (χ1v) is 10.3. The molecule has 1 fully saturated rings. The second-order valence-corrected chi connectivity index (χ2v) is 7.49. The second-order valence-electron chi connectivity index (χ2n) is 7.49. The molecule has 31 heavy (non-hydrogen) atoms. The highest BCUT2D eigenvalue weighted by atomic mass is 16.6. The first-order chi connectivity index (χ1) is 15.2. The molecule has 1 atom stereocenters. The first-order valence-electron chi connectivity index (χ1n) is 10.3. The number of hydrogen-bond acceptors (Lipinski definition) is 5. The predicted molar refractivity (Wildman–Crippen MR) is 112 cm³/mol. The van der Waals surface area contributed by atoms with Crippen molar-refractivity contribution in [1.82, 2.24) is 19.6 Å². The van der Waals surface area contributed by atoms with Crippen LogP contribution >= 0.6 is 0 Å². The summed E-state index contributed by atoms with van der Waals surface area (Å²) >= 11 is 0. The molecule has 1 aromatic heterocycles. The monoisotopic (exact) mass is 418 g/mol. The maximum absolute atomic E-state index is 12.9. The standard InChI is InChI=1S/C23H22N4O4/c28-22(17-14-24-27(15-17)18-6-2-1-3-7-18)25-10-12-26(13-11-25)23(29)21-16-30-19-8-4-5-9-20(19)31-21/h1-9,14-15,21H,10-13,16H2/t21-/m0/s1. The average Bonchev–Trinajstić information content (AvgIpc) is 3.34. The fraction of sp³-hybridized carbons (Fsp3) is 0.261. The number of hydrogen-bond donors (Lipinski definition) is 0. The molecular formula is C23H22N4O4. The van der Waals surface area contributed by atoms with Crippen molar-refractivity contribution in [2.75, 3.05) is 32.8 Å². The molecule has 1 saturated heterocycles. The van der Waals surface area contributed by atoms with Gasteiger partial charge in [0.25, 0.3) is 11.8 Å². The Balaban J connectivity index is 1.18. The van der Waals surface area contributed by atoms with Crippen molar-refractivity contribution in [2.45, 2.75) is 6.10 Å². The van der Waals surface area contributed by atoms with Crippen LogP contribution in [-0.4, -0.2) is 70.3 Å². The number of para-hydroxylation sites is 3. The zero-order chi connectivity index (χ0) is 21.2. The lowest BCUT2D eigenvalue weighted by Crippen LogP contribution is -2.55. The molecule has 2 aliphatic rings. The minimum absolute atomic E-state index is 0.0829. The number of amides is 2. The Morgan fingerprint density at radius 1 is 0.871 bits per heavy atom. The maximum atomic E-state index is 12.9. The molecule has 0 aliphatic carbocycles. The van der Waals surface area contributed by atoms with E-state index in [1.54, 1.807) is 32.9 Å². The second kappa shape index (κ2) is 8.14. The van der Waals surface area contributed by atoms with Gasteiger partial charge in [0, 0.05) is 32.4 Å². The zero-order valence-corrected chi connectivity index (χ0v) is 16.9. The van der Waals surface area contributed by atoms with E-state index in [-0.39, 0.29) is 18.4 Å². The van der Waals surface area contributed by atoms with Gasteiger partial charge in [-0.15, -0.1) is 0 Å². The van der Waals surface area contributed by atoms with Crippen LogP contribution in [-0.2, 0) is 4.79 Å². The van der Waals surface area contributed by atoms with E-state index in [4.69, 9.17) is 9.47 Å². The summed E-state index contributed by atoms with van der Waals surface area (Å²) in [5, 5.41) is 4.30. The predicted octanol–water partition coefficient (Wildman–Crippen LogP) is 2.00. The van der Waals surface area contributed by atoms with Crippen molar-refractivity contribution in [3.8, 4) is 17.2 Å². The van der Waals surface area contributed by atoms with E-state index in [1.165, 1.54) is 0 Å². The lowest BCUT2D eigenvalue weighted by atomic mass is 10.2. The molecule has 158 valence electrons. The van der Waals surface area contributed by atoms with Crippen LogP contribution < -0.4 is 9.47 Å². The lowest BCUT2D eigenvalue weighted by Gasteiger charge is -2.37. The van der Waals surface area contributed by atoms with Crippen molar-refractivity contribution in [2.24, 2.45) is 0 Å². The average molecular weight is 418 g/mol. The Kier molecular flexibility index (Phi) is 5.03. The van der Waals surface area contributed by atoms with Gasteiger partial charge in [0.2, 0.25) is 6.10 Å². The van der Waals surface area contributed by atoms with Crippen molar-refractivity contribution >= 4 is 11.8 Å². The largest absolute Gasteiger partial charge is 0.485 e. The summed E-state index contributed by atoms with van der Waals surface area (Å²) in [7, 11) is 0. The summed E-state index contributed by atoms with van der Waals surface area (Å²) in [6, 6.07) is 17.0. The number of piperazine rings is 1. The number of benzene rings is 2. The first kappa shape index (κ1) is 19.2. The Bertz CT molecular complexity index is 1090. The lowest BCUT2D eigenvalue weighted by molar-refractivity contribution is -0.142. The van der Waals surface area contributed by atoms with Gasteiger partial charge in [-0.25, -0.2) is 4.68 Å². The molecule has 2 amide bonds. The van der Waals surface area contributed by atoms with Gasteiger partial charge in [0.1, 0.15) is 6.61 Å². The SMILES string of the molecule is O=C(c1cnn(-c2ccccc2)c1)N1CCN(C(=O)[C@@H]2COc3ccccc3O2)CC1. The smallest absolute Gasteiger partial charge is 0.267 e. The van der Waals surface area contributed by atoms with Gasteiger partial charge in [-0.3, -0.25) is 9.59 Å². The Hall–Kier alpha value is -3.81. The number of aromatic nitrogens is 2. The topological polar surface area (TPSA) is 76.9 Å². The van der Waals surface area contributed by atoms with E-state index in [9.17, 15) is 9.59 Å². The van der Waals surface area contributed by atoms with Crippen molar-refractivity contribution in [1.29, 1.82) is 0 Å². The highest BCUT2D eigenvalue weighted by Crippen LogP contribution is 2.31. The van der Waals surface area contributed by atoms with Crippen LogP contribution in [0.2, 0.25) is 0 Å². The van der Waals surface area contributed by atoms with Crippen LogP contribution in [0, 0.1) is 0 Å². The normalized spacial score (nSPS) is 18.0. The van der Waals surface area contributed by atoms with Gasteiger partial charge in [-0.05, 0) is 24.3 Å². The van der Waals surface area contributed by atoms with Crippen molar-refractivity contribution in [3.05, 3.63) is 72.6 Å². The van der Waals surface area contributed by atoms with E-state index in [0.717, 1.165) is 5.69 Å². The molecule has 0 saturated carbocycles. The highest BCUT2D eigenvalue weighted by molar-refractivity contribution is 5.94. The third-order valence-electron chi connectivity index (χ3n) is 5.51. The number of carbonyl (C=O) groups excluding carboxylic acids is 2. The molecule has 0 unspecified atom stereocenters. The quantitative estimate of drug-likeness (QED) is 0.650. The van der Waals surface area contributed by atoms with Crippen LogP contribution in [0.1, 0.15) is 10.4 Å². The van der Waals surface area contributed by atoms with E-state index >= 15 is 0 Å². The summed E-state index contributed by atoms with van der Waals surface area (Å²) in [5.74, 6) is 1.04. The van der Waals surface area contributed by atoms with Gasteiger partial charge in [0.15, 0.2) is 11.5 Å². The van der Waals surface area contributed by atoms with Crippen molar-refractivity contribution < 1.29 is 19.1 Å². The minimum atomic E-state index is -0.666. The van der Waals surface area contributed by atoms with E-state index in [1.807, 2.05) is 48.5 Å². The maximum Gasteiger partial charge on any atom is 0.267 e. The molecule has 2 aliphatic heterocycles. The third-order valence-corrected chi connectivity index (χ3v) is 5.51. The molecule has 3 aromatic rings. The van der Waals surface area contributed by atoms with Gasteiger partial charge >= 0.3 is 0 Å². The fourth-order valence-corrected chi connectivity index (χ4v) is 3.81. The third kappa shape index (κ3) is 3.84. The number of carbonyl (C=O) groups is 2. The van der Waals surface area contributed by atoms with E-state index < -0.39 is 6.10 Å². The number of rotatable bonds is 3.